The summed E-state index contributed by atoms with van der Waals surface area (Å²) in [5.74, 6) is -2.02. The first-order chi connectivity index (χ1) is 8.14. The van der Waals surface area contributed by atoms with Crippen molar-refractivity contribution in [1.82, 2.24) is 0 Å². The number of esters is 1. The fourth-order valence-corrected chi connectivity index (χ4v) is 3.13. The second-order valence-electron chi connectivity index (χ2n) is 5.25. The lowest BCUT2D eigenvalue weighted by Crippen LogP contribution is -2.25. The highest BCUT2D eigenvalue weighted by molar-refractivity contribution is 7.86. The monoisotopic (exact) mass is 280 g/mol. The molecule has 0 radical (unpaired) electrons. The first kappa shape index (κ1) is 15.4. The number of aliphatic hydroxyl groups excluding tert-OH is 1. The summed E-state index contributed by atoms with van der Waals surface area (Å²) in [6, 6.07) is 0. The van der Waals surface area contributed by atoms with Crippen molar-refractivity contribution in [3.63, 3.8) is 0 Å². The van der Waals surface area contributed by atoms with E-state index >= 15 is 0 Å². The van der Waals surface area contributed by atoms with Gasteiger partial charge in [-0.2, -0.15) is 8.42 Å². The highest BCUT2D eigenvalue weighted by Gasteiger charge is 2.67. The summed E-state index contributed by atoms with van der Waals surface area (Å²) in [5.41, 5.74) is -2.62. The third-order valence-corrected chi connectivity index (χ3v) is 4.42. The van der Waals surface area contributed by atoms with Crippen molar-refractivity contribution in [3.05, 3.63) is 0 Å². The number of hydrogen-bond donors (Lipinski definition) is 2. The Morgan fingerprint density at radius 3 is 2.44 bits per heavy atom. The number of aliphatic hydroxyl groups is 1. The van der Waals surface area contributed by atoms with Crippen molar-refractivity contribution >= 4 is 16.1 Å². The molecule has 1 unspecified atom stereocenters. The summed E-state index contributed by atoms with van der Waals surface area (Å²) in [6.07, 6.45) is 1.63. The molecule has 0 saturated heterocycles. The Morgan fingerprint density at radius 2 is 2.00 bits per heavy atom. The molecule has 2 N–H and O–H groups in total. The largest absolute Gasteiger partial charge is 0.465 e. The lowest BCUT2D eigenvalue weighted by Gasteiger charge is -2.07. The number of carbonyl (C=O) groups is 1. The van der Waals surface area contributed by atoms with Crippen LogP contribution in [0.3, 0.4) is 0 Å². The van der Waals surface area contributed by atoms with Crippen molar-refractivity contribution in [2.45, 2.75) is 39.0 Å². The summed E-state index contributed by atoms with van der Waals surface area (Å²) in [5, 5.41) is 9.51. The van der Waals surface area contributed by atoms with Crippen molar-refractivity contribution in [3.8, 4) is 0 Å². The number of hydrogen-bond acceptors (Lipinski definition) is 5. The van der Waals surface area contributed by atoms with Gasteiger partial charge in [0.05, 0.1) is 12.5 Å². The van der Waals surface area contributed by atoms with E-state index in [1.165, 1.54) is 0 Å². The molecule has 1 fully saturated rings. The molecule has 18 heavy (non-hydrogen) atoms. The van der Waals surface area contributed by atoms with E-state index in [9.17, 15) is 18.3 Å². The van der Waals surface area contributed by atoms with Gasteiger partial charge in [0, 0.05) is 5.92 Å². The number of ether oxygens (including phenoxy) is 1. The number of unbranched alkanes of at least 4 members (excludes halogenated alkanes) is 1. The average molecular weight is 280 g/mol. The van der Waals surface area contributed by atoms with Gasteiger partial charge in [-0.3, -0.25) is 9.35 Å². The molecule has 106 valence electrons. The molecule has 0 aliphatic heterocycles. The minimum atomic E-state index is -4.55. The standard InChI is InChI=1S/C11H20O6S/c1-4-5-6-17-9(12)7-8(11(7,2)3)10(13)18(14,15)16/h7-8,10,13H,4-6H2,1-3H3,(H,14,15,16)/t7-,8-,10?/m0/s1. The molecule has 7 heteroatoms. The van der Waals surface area contributed by atoms with Crippen LogP contribution in [0, 0.1) is 17.3 Å². The Morgan fingerprint density at radius 1 is 1.44 bits per heavy atom. The minimum Gasteiger partial charge on any atom is -0.465 e. The minimum absolute atomic E-state index is 0.288. The Balaban J connectivity index is 2.66. The third kappa shape index (κ3) is 3.02. The molecule has 1 aliphatic carbocycles. The van der Waals surface area contributed by atoms with Crippen LogP contribution in [0.4, 0.5) is 0 Å². The SMILES string of the molecule is CCCCOC(=O)[C@@H]1[C@@H](C(O)S(=O)(=O)O)C1(C)C. The van der Waals surface area contributed by atoms with Gasteiger partial charge in [0.2, 0.25) is 0 Å². The Bertz CT molecular complexity index is 413. The summed E-state index contributed by atoms with van der Waals surface area (Å²) >= 11 is 0. The molecule has 3 atom stereocenters. The smallest absolute Gasteiger partial charge is 0.309 e. The third-order valence-electron chi connectivity index (χ3n) is 3.52. The second kappa shape index (κ2) is 5.14. The van der Waals surface area contributed by atoms with Crippen molar-refractivity contribution in [2.75, 3.05) is 6.61 Å². The molecule has 6 nitrogen and oxygen atoms in total. The topological polar surface area (TPSA) is 101 Å². The van der Waals surface area contributed by atoms with Crippen LogP contribution in [0.25, 0.3) is 0 Å². The predicted molar refractivity (Wildman–Crippen MR) is 64.2 cm³/mol. The molecule has 1 aliphatic rings. The zero-order chi connectivity index (χ0) is 14.1. The fraction of sp³-hybridized carbons (Fsp3) is 0.909. The average Bonchev–Trinajstić information content (AvgIpc) is 2.79. The van der Waals surface area contributed by atoms with Crippen LogP contribution in [-0.2, 0) is 19.6 Å². The maximum absolute atomic E-state index is 11.7. The van der Waals surface area contributed by atoms with E-state index in [1.807, 2.05) is 6.92 Å². The van der Waals surface area contributed by atoms with E-state index in [-0.39, 0.29) is 6.61 Å². The van der Waals surface area contributed by atoms with E-state index in [0.29, 0.717) is 0 Å². The molecule has 0 aromatic heterocycles. The van der Waals surface area contributed by atoms with Crippen LogP contribution < -0.4 is 0 Å². The first-order valence-corrected chi connectivity index (χ1v) is 7.45. The maximum Gasteiger partial charge on any atom is 0.309 e. The van der Waals surface area contributed by atoms with Gasteiger partial charge < -0.3 is 9.84 Å². The van der Waals surface area contributed by atoms with Crippen molar-refractivity contribution < 1.29 is 27.6 Å². The highest BCUT2D eigenvalue weighted by Crippen LogP contribution is 2.61. The normalized spacial score (nSPS) is 27.6. The molecule has 0 bridgehead atoms. The Hall–Kier alpha value is -0.660. The fourth-order valence-electron chi connectivity index (χ4n) is 2.25. The molecule has 0 aromatic carbocycles. The van der Waals surface area contributed by atoms with E-state index < -0.39 is 38.8 Å². The Labute approximate surface area is 107 Å². The molecule has 0 amide bonds. The van der Waals surface area contributed by atoms with Crippen LogP contribution in [0.5, 0.6) is 0 Å². The van der Waals surface area contributed by atoms with Gasteiger partial charge in [-0.1, -0.05) is 27.2 Å². The molecule has 0 spiro atoms. The van der Waals surface area contributed by atoms with Gasteiger partial charge in [-0.15, -0.1) is 0 Å². The van der Waals surface area contributed by atoms with Gasteiger partial charge in [0.15, 0.2) is 5.44 Å². The quantitative estimate of drug-likeness (QED) is 0.424. The van der Waals surface area contributed by atoms with Gasteiger partial charge in [-0.25, -0.2) is 0 Å². The molecular formula is C11H20O6S. The highest BCUT2D eigenvalue weighted by atomic mass is 32.2. The van der Waals surface area contributed by atoms with Crippen LogP contribution in [0.2, 0.25) is 0 Å². The van der Waals surface area contributed by atoms with Crippen molar-refractivity contribution in [2.24, 2.45) is 17.3 Å². The van der Waals surface area contributed by atoms with Crippen LogP contribution in [-0.4, -0.2) is 36.1 Å². The molecule has 1 rings (SSSR count). The molecule has 0 heterocycles. The van der Waals surface area contributed by atoms with Crippen LogP contribution >= 0.6 is 0 Å². The lowest BCUT2D eigenvalue weighted by atomic mass is 10.1. The van der Waals surface area contributed by atoms with E-state index in [1.54, 1.807) is 13.8 Å². The van der Waals surface area contributed by atoms with Gasteiger partial charge >= 0.3 is 5.97 Å². The predicted octanol–water partition coefficient (Wildman–Crippen LogP) is 0.808. The van der Waals surface area contributed by atoms with Crippen molar-refractivity contribution in [1.29, 1.82) is 0 Å². The van der Waals surface area contributed by atoms with Gasteiger partial charge in [-0.05, 0) is 11.8 Å². The summed E-state index contributed by atoms with van der Waals surface area (Å²) in [6.45, 7) is 5.58. The molecule has 1 saturated carbocycles. The lowest BCUT2D eigenvalue weighted by molar-refractivity contribution is -0.146. The number of rotatable bonds is 6. The summed E-state index contributed by atoms with van der Waals surface area (Å²) in [4.78, 5) is 11.7. The maximum atomic E-state index is 11.7. The zero-order valence-corrected chi connectivity index (χ0v) is 11.6. The summed E-state index contributed by atoms with van der Waals surface area (Å²) in [7, 11) is -4.55. The van der Waals surface area contributed by atoms with Crippen LogP contribution in [0.1, 0.15) is 33.6 Å². The molecule has 0 aromatic rings. The number of carbonyl (C=O) groups excluding carboxylic acids is 1. The van der Waals surface area contributed by atoms with E-state index in [2.05, 4.69) is 0 Å². The van der Waals surface area contributed by atoms with E-state index in [0.717, 1.165) is 12.8 Å². The second-order valence-corrected chi connectivity index (χ2v) is 6.76. The Kier molecular flexibility index (Phi) is 4.40. The van der Waals surface area contributed by atoms with Gasteiger partial charge in [0.1, 0.15) is 0 Å². The van der Waals surface area contributed by atoms with Gasteiger partial charge in [0.25, 0.3) is 10.1 Å². The first-order valence-electron chi connectivity index (χ1n) is 5.95. The van der Waals surface area contributed by atoms with Crippen LogP contribution in [0.15, 0.2) is 0 Å². The van der Waals surface area contributed by atoms with E-state index in [4.69, 9.17) is 9.29 Å². The summed E-state index contributed by atoms with van der Waals surface area (Å²) < 4.78 is 35.6. The zero-order valence-electron chi connectivity index (χ0n) is 10.8. The molecular weight excluding hydrogens is 260 g/mol.